The molecule has 0 unspecified atom stereocenters. The van der Waals surface area contributed by atoms with Gasteiger partial charge in [-0.3, -0.25) is 24.5 Å². The normalized spacial score (nSPS) is 22.3. The first-order valence-electron chi connectivity index (χ1n) is 17.2. The summed E-state index contributed by atoms with van der Waals surface area (Å²) in [5.41, 5.74) is -2.80. The first-order valence-corrected chi connectivity index (χ1v) is 17.2. The Labute approximate surface area is 297 Å². The Hall–Kier alpha value is -3.76. The van der Waals surface area contributed by atoms with Crippen LogP contribution in [0.25, 0.3) is 10.8 Å². The summed E-state index contributed by atoms with van der Waals surface area (Å²) >= 11 is 0. The Morgan fingerprint density at radius 3 is 1.68 bits per heavy atom. The van der Waals surface area contributed by atoms with Crippen molar-refractivity contribution in [3.8, 4) is 0 Å². The van der Waals surface area contributed by atoms with Crippen LogP contribution >= 0.6 is 0 Å². The summed E-state index contributed by atoms with van der Waals surface area (Å²) in [6.07, 6.45) is -3.95. The number of carbonyl (C=O) groups excluding carboxylic acids is 4. The smallest absolute Gasteiger partial charge is 0.311 e. The minimum Gasteiger partial charge on any atom is -0.462 e. The maximum atomic E-state index is 13.6. The molecule has 1 fully saturated rings. The van der Waals surface area contributed by atoms with Gasteiger partial charge < -0.3 is 23.7 Å². The Morgan fingerprint density at radius 1 is 0.700 bits per heavy atom. The maximum Gasteiger partial charge on any atom is 0.311 e. The number of benzene rings is 2. The lowest BCUT2D eigenvalue weighted by Crippen LogP contribution is -2.66. The van der Waals surface area contributed by atoms with Crippen molar-refractivity contribution in [3.63, 3.8) is 0 Å². The van der Waals surface area contributed by atoms with Crippen LogP contribution < -0.4 is 5.32 Å². The molecule has 2 aromatic rings. The van der Waals surface area contributed by atoms with Crippen molar-refractivity contribution >= 4 is 34.6 Å². The average Bonchev–Trinajstić information content (AvgIpc) is 2.99. The second-order valence-electron chi connectivity index (χ2n) is 17.2. The van der Waals surface area contributed by atoms with Gasteiger partial charge in [-0.2, -0.15) is 0 Å². The summed E-state index contributed by atoms with van der Waals surface area (Å²) < 4.78 is 30.8. The van der Waals surface area contributed by atoms with Gasteiger partial charge in [0, 0.05) is 6.04 Å². The molecule has 1 N–H and O–H groups in total. The highest BCUT2D eigenvalue weighted by Crippen LogP contribution is 2.35. The molecule has 276 valence electrons. The number of nitrogens with one attached hydrogen (secondary N) is 1. The van der Waals surface area contributed by atoms with E-state index < -0.39 is 82.2 Å². The number of rotatable bonds is 10. The highest BCUT2D eigenvalue weighted by Gasteiger charge is 2.55. The van der Waals surface area contributed by atoms with E-state index in [0.717, 1.165) is 16.3 Å². The summed E-state index contributed by atoms with van der Waals surface area (Å²) in [6, 6.07) is 13.7. The van der Waals surface area contributed by atoms with Crippen LogP contribution in [0.2, 0.25) is 0 Å². The van der Waals surface area contributed by atoms with E-state index in [1.807, 2.05) is 36.4 Å². The predicted octanol–water partition coefficient (Wildman–Crippen LogP) is 7.23. The van der Waals surface area contributed by atoms with E-state index >= 15 is 0 Å². The van der Waals surface area contributed by atoms with Gasteiger partial charge in [-0.05, 0) is 112 Å². The Kier molecular flexibility index (Phi) is 12.7. The molecule has 0 amide bonds. The lowest BCUT2D eigenvalue weighted by atomic mass is 9.92. The van der Waals surface area contributed by atoms with Gasteiger partial charge in [0.1, 0.15) is 12.7 Å². The predicted molar refractivity (Wildman–Crippen MR) is 192 cm³/mol. The molecule has 10 heteroatoms. The quantitative estimate of drug-likeness (QED) is 0.155. The molecule has 0 saturated carbocycles. The van der Waals surface area contributed by atoms with Gasteiger partial charge in [-0.1, -0.05) is 42.5 Å². The fourth-order valence-electron chi connectivity index (χ4n) is 4.95. The molecule has 2 aromatic carbocycles. The van der Waals surface area contributed by atoms with Gasteiger partial charge in [-0.25, -0.2) is 0 Å². The van der Waals surface area contributed by atoms with Gasteiger partial charge in [0.15, 0.2) is 24.5 Å². The molecule has 0 aromatic heterocycles. The molecule has 0 spiro atoms. The molecule has 6 atom stereocenters. The van der Waals surface area contributed by atoms with Crippen LogP contribution in [-0.2, 0) is 42.9 Å². The van der Waals surface area contributed by atoms with Crippen molar-refractivity contribution in [3.05, 3.63) is 60.7 Å². The van der Waals surface area contributed by atoms with Gasteiger partial charge in [0.2, 0.25) is 0 Å². The van der Waals surface area contributed by atoms with E-state index in [-0.39, 0.29) is 6.61 Å². The molecule has 0 bridgehead atoms. The molecule has 0 radical (unpaired) electrons. The Balaban J connectivity index is 2.21. The molecule has 1 saturated heterocycles. The number of carbonyl (C=O) groups is 4. The zero-order chi connectivity index (χ0) is 37.8. The van der Waals surface area contributed by atoms with E-state index in [1.165, 1.54) is 0 Å². The number of hydrogen-bond acceptors (Lipinski definition) is 10. The molecule has 10 nitrogen and oxygen atoms in total. The summed E-state index contributed by atoms with van der Waals surface area (Å²) in [5.74, 6) is -2.31. The second kappa shape index (κ2) is 15.6. The number of hydrogen-bond donors (Lipinski definition) is 1. The van der Waals surface area contributed by atoms with Crippen molar-refractivity contribution in [2.45, 2.75) is 126 Å². The van der Waals surface area contributed by atoms with Gasteiger partial charge >= 0.3 is 23.9 Å². The van der Waals surface area contributed by atoms with E-state index in [2.05, 4.69) is 18.0 Å². The summed E-state index contributed by atoms with van der Waals surface area (Å²) in [5, 5.41) is 5.59. The van der Waals surface area contributed by atoms with Crippen LogP contribution in [-0.4, -0.2) is 61.1 Å². The van der Waals surface area contributed by atoms with Crippen molar-refractivity contribution in [1.29, 1.82) is 0 Å². The van der Waals surface area contributed by atoms with Crippen molar-refractivity contribution in [1.82, 2.24) is 5.32 Å². The lowest BCUT2D eigenvalue weighted by Gasteiger charge is -2.47. The topological polar surface area (TPSA) is 126 Å². The van der Waals surface area contributed by atoms with E-state index in [0.29, 0.717) is 6.42 Å². The third kappa shape index (κ3) is 10.6. The highest BCUT2D eigenvalue weighted by atomic mass is 16.7. The van der Waals surface area contributed by atoms with Crippen molar-refractivity contribution < 1.29 is 42.9 Å². The third-order valence-electron chi connectivity index (χ3n) is 8.14. The summed E-state index contributed by atoms with van der Waals surface area (Å²) in [7, 11) is 0. The second-order valence-corrected chi connectivity index (χ2v) is 17.2. The molecule has 50 heavy (non-hydrogen) atoms. The zero-order valence-electron chi connectivity index (χ0n) is 31.9. The standard InChI is InChI=1S/C40H57NO9/c1-14-17-27(26-21-20-24-18-15-16-19-25(24)22-26)41-32-31(50-36(45)40(11,12)13)30(49-35(44)39(8,9)10)29(48-34(43)38(5,6)7)28(47-32)23-46-33(42)37(2,3)4/h14-16,18-22,27-32,41H,1,17,23H2,2-13H3/t27-,28+,29-,30-,31+,32+/m0/s1. The first kappa shape index (κ1) is 40.7. The van der Waals surface area contributed by atoms with E-state index in [1.54, 1.807) is 89.2 Å². The third-order valence-corrected chi connectivity index (χ3v) is 8.14. The molecule has 1 aliphatic rings. The van der Waals surface area contributed by atoms with E-state index in [4.69, 9.17) is 23.7 Å². The van der Waals surface area contributed by atoms with Crippen molar-refractivity contribution in [2.24, 2.45) is 21.7 Å². The zero-order valence-corrected chi connectivity index (χ0v) is 31.9. The van der Waals surface area contributed by atoms with Crippen LogP contribution in [0.4, 0.5) is 0 Å². The van der Waals surface area contributed by atoms with Gasteiger partial charge in [-0.15, -0.1) is 6.58 Å². The molecule has 1 heterocycles. The largest absolute Gasteiger partial charge is 0.462 e. The number of esters is 4. The van der Waals surface area contributed by atoms with Crippen LogP contribution in [0.1, 0.15) is 101 Å². The van der Waals surface area contributed by atoms with E-state index in [9.17, 15) is 19.2 Å². The summed E-state index contributed by atoms with van der Waals surface area (Å²) in [6.45, 7) is 24.1. The Bertz CT molecular complexity index is 1540. The minimum absolute atomic E-state index is 0.331. The highest BCUT2D eigenvalue weighted by molar-refractivity contribution is 5.83. The van der Waals surface area contributed by atoms with Crippen LogP contribution in [0, 0.1) is 21.7 Å². The Morgan fingerprint density at radius 2 is 1.18 bits per heavy atom. The van der Waals surface area contributed by atoms with Crippen molar-refractivity contribution in [2.75, 3.05) is 6.61 Å². The van der Waals surface area contributed by atoms with Crippen LogP contribution in [0.15, 0.2) is 55.1 Å². The average molecular weight is 696 g/mol. The molecular weight excluding hydrogens is 638 g/mol. The minimum atomic E-state index is -1.34. The lowest BCUT2D eigenvalue weighted by molar-refractivity contribution is -0.266. The molecule has 1 aliphatic heterocycles. The van der Waals surface area contributed by atoms with Gasteiger partial charge in [0.05, 0.1) is 21.7 Å². The monoisotopic (exact) mass is 695 g/mol. The van der Waals surface area contributed by atoms with Crippen LogP contribution in [0.3, 0.4) is 0 Å². The number of ether oxygens (including phenoxy) is 5. The first-order chi connectivity index (χ1) is 22.9. The SMILES string of the molecule is C=CC[C@H](N[C@@H]1O[C@H](COC(=O)C(C)(C)C)[C@H](OC(=O)C(C)(C)C)[C@H](OC(=O)C(C)(C)C)[C@H]1OC(=O)C(C)(C)C)c1ccc2ccccc2c1. The number of fused-ring (bicyclic) bond motifs is 1. The molecular formula is C40H57NO9. The molecule has 0 aliphatic carbocycles. The van der Waals surface area contributed by atoms with Crippen LogP contribution in [0.5, 0.6) is 0 Å². The fourth-order valence-corrected chi connectivity index (χ4v) is 4.95. The molecule has 3 rings (SSSR count). The summed E-state index contributed by atoms with van der Waals surface area (Å²) in [4.78, 5) is 53.6. The van der Waals surface area contributed by atoms with Gasteiger partial charge in [0.25, 0.3) is 0 Å². The fraction of sp³-hybridized carbons (Fsp3) is 0.600. The maximum absolute atomic E-state index is 13.6.